The smallest absolute Gasteiger partial charge is 0.333 e. The van der Waals surface area contributed by atoms with Gasteiger partial charge in [0.15, 0.2) is 0 Å². The van der Waals surface area contributed by atoms with Gasteiger partial charge in [-0.15, -0.1) is 0 Å². The Labute approximate surface area is 117 Å². The molecule has 0 rings (SSSR count). The fourth-order valence-electron chi connectivity index (χ4n) is 0.831. The van der Waals surface area contributed by atoms with Gasteiger partial charge in [-0.25, -0.2) is 4.79 Å². The summed E-state index contributed by atoms with van der Waals surface area (Å²) in [5.74, 6) is 0.813. The Hall–Kier alpha value is -0.660. The number of esters is 1. The van der Waals surface area contributed by atoms with Gasteiger partial charge in [0.1, 0.15) is 6.61 Å². The third-order valence-electron chi connectivity index (χ3n) is 1.65. The molecule has 0 aromatic heterocycles. The van der Waals surface area contributed by atoms with Crippen LogP contribution in [0, 0.1) is 0 Å². The van der Waals surface area contributed by atoms with E-state index in [1.165, 1.54) is 0 Å². The highest BCUT2D eigenvalue weighted by Gasteiger charge is 2.04. The summed E-state index contributed by atoms with van der Waals surface area (Å²) in [7, 11) is 0. The van der Waals surface area contributed by atoms with Crippen LogP contribution in [0.2, 0.25) is 0 Å². The first kappa shape index (κ1) is 17.3. The van der Waals surface area contributed by atoms with Crippen LogP contribution in [0.4, 0.5) is 4.79 Å². The van der Waals surface area contributed by atoms with Gasteiger partial charge < -0.3 is 14.8 Å². The second-order valence-corrected chi connectivity index (χ2v) is 4.83. The molecule has 0 radical (unpaired) electrons. The van der Waals surface area contributed by atoms with E-state index < -0.39 is 5.97 Å². The van der Waals surface area contributed by atoms with Crippen LogP contribution in [0.15, 0.2) is 12.2 Å². The average molecular weight is 293 g/mol. The monoisotopic (exact) mass is 293 g/mol. The van der Waals surface area contributed by atoms with Gasteiger partial charge in [-0.2, -0.15) is 12.6 Å². The van der Waals surface area contributed by atoms with Crippen molar-refractivity contribution in [2.45, 2.75) is 6.92 Å². The van der Waals surface area contributed by atoms with Crippen LogP contribution in [-0.4, -0.2) is 49.1 Å². The number of carbonyl (C=O) groups excluding carboxylic acids is 2. The molecular formula is C11H19NO4S2. The Morgan fingerprint density at radius 3 is 2.67 bits per heavy atom. The van der Waals surface area contributed by atoms with Crippen LogP contribution in [-0.2, 0) is 14.3 Å². The summed E-state index contributed by atoms with van der Waals surface area (Å²) in [4.78, 5) is 22.3. The Balaban J connectivity index is 3.37. The molecule has 0 heterocycles. The Kier molecular flexibility index (Phi) is 11.0. The van der Waals surface area contributed by atoms with Crippen LogP contribution < -0.4 is 5.32 Å². The topological polar surface area (TPSA) is 64.6 Å². The summed E-state index contributed by atoms with van der Waals surface area (Å²) < 4.78 is 9.98. The summed E-state index contributed by atoms with van der Waals surface area (Å²) in [6.45, 7) is 6.56. The van der Waals surface area contributed by atoms with E-state index in [-0.39, 0.29) is 11.8 Å². The molecule has 0 spiro atoms. The van der Waals surface area contributed by atoms with Gasteiger partial charge in [-0.3, -0.25) is 4.79 Å². The lowest BCUT2D eigenvalue weighted by molar-refractivity contribution is -0.138. The predicted octanol–water partition coefficient (Wildman–Crippen LogP) is 1.49. The molecule has 0 bridgehead atoms. The van der Waals surface area contributed by atoms with Crippen molar-refractivity contribution in [3.05, 3.63) is 12.2 Å². The second-order valence-electron chi connectivity index (χ2n) is 3.31. The number of thioether (sulfide) groups is 1. The Morgan fingerprint density at radius 2 is 2.06 bits per heavy atom. The van der Waals surface area contributed by atoms with Crippen molar-refractivity contribution in [2.75, 3.05) is 37.9 Å². The zero-order chi connectivity index (χ0) is 13.8. The highest BCUT2D eigenvalue weighted by Crippen LogP contribution is 2.00. The first-order valence-corrected chi connectivity index (χ1v) is 7.11. The van der Waals surface area contributed by atoms with Gasteiger partial charge in [-0.1, -0.05) is 18.3 Å². The lowest BCUT2D eigenvalue weighted by Gasteiger charge is -2.06. The fraction of sp³-hybridized carbons (Fsp3) is 0.636. The molecule has 0 unspecified atom stereocenters. The van der Waals surface area contributed by atoms with Crippen molar-refractivity contribution in [3.63, 3.8) is 0 Å². The SMILES string of the molecule is C=C(C)C(=O)OCCNC(=O)SCCOCCS. The number of thiol groups is 1. The molecule has 0 saturated heterocycles. The summed E-state index contributed by atoms with van der Waals surface area (Å²) >= 11 is 5.13. The van der Waals surface area contributed by atoms with Crippen LogP contribution in [0.3, 0.4) is 0 Å². The maximum absolute atomic E-state index is 11.3. The van der Waals surface area contributed by atoms with Crippen molar-refractivity contribution in [1.82, 2.24) is 5.32 Å². The standard InChI is InChI=1S/C11H19NO4S2/c1-9(2)10(13)16-4-3-12-11(14)18-8-6-15-5-7-17/h17H,1,3-8H2,2H3,(H,12,14). The summed E-state index contributed by atoms with van der Waals surface area (Å²) in [5.41, 5.74) is 0.344. The molecule has 0 aliphatic heterocycles. The molecule has 18 heavy (non-hydrogen) atoms. The van der Waals surface area contributed by atoms with Gasteiger partial charge in [0, 0.05) is 17.1 Å². The summed E-state index contributed by atoms with van der Waals surface area (Å²) in [5, 5.41) is 2.46. The molecule has 0 aliphatic rings. The van der Waals surface area contributed by atoms with E-state index in [0.29, 0.717) is 36.8 Å². The number of amides is 1. The first-order valence-electron chi connectivity index (χ1n) is 5.49. The van der Waals surface area contributed by atoms with E-state index in [2.05, 4.69) is 24.5 Å². The van der Waals surface area contributed by atoms with E-state index in [4.69, 9.17) is 9.47 Å². The molecule has 104 valence electrons. The Bertz CT molecular complexity index is 284. The number of hydrogen-bond acceptors (Lipinski definition) is 6. The minimum Gasteiger partial charge on any atom is -0.460 e. The van der Waals surface area contributed by atoms with Gasteiger partial charge >= 0.3 is 5.97 Å². The fourth-order valence-corrected chi connectivity index (χ4v) is 1.55. The minimum absolute atomic E-state index is 0.147. The normalized spacial score (nSPS) is 9.89. The zero-order valence-electron chi connectivity index (χ0n) is 10.4. The first-order chi connectivity index (χ1) is 8.57. The lowest BCUT2D eigenvalue weighted by atomic mass is 10.4. The molecule has 5 nitrogen and oxygen atoms in total. The Morgan fingerprint density at radius 1 is 1.33 bits per heavy atom. The molecular weight excluding hydrogens is 274 g/mol. The average Bonchev–Trinajstić information content (AvgIpc) is 2.34. The van der Waals surface area contributed by atoms with Crippen LogP contribution in [0.5, 0.6) is 0 Å². The van der Waals surface area contributed by atoms with Crippen LogP contribution in [0.1, 0.15) is 6.92 Å². The predicted molar refractivity (Wildman–Crippen MR) is 76.3 cm³/mol. The summed E-state index contributed by atoms with van der Waals surface area (Å²) in [6, 6.07) is 0. The largest absolute Gasteiger partial charge is 0.460 e. The van der Waals surface area contributed by atoms with E-state index in [1.54, 1.807) is 6.92 Å². The van der Waals surface area contributed by atoms with E-state index >= 15 is 0 Å². The van der Waals surface area contributed by atoms with Crippen molar-refractivity contribution in [1.29, 1.82) is 0 Å². The molecule has 1 N–H and O–H groups in total. The number of ether oxygens (including phenoxy) is 2. The molecule has 7 heteroatoms. The molecule has 0 aromatic rings. The van der Waals surface area contributed by atoms with Crippen LogP contribution in [0.25, 0.3) is 0 Å². The molecule has 1 amide bonds. The van der Waals surface area contributed by atoms with Crippen molar-refractivity contribution >= 4 is 35.6 Å². The highest BCUT2D eigenvalue weighted by molar-refractivity contribution is 8.13. The van der Waals surface area contributed by atoms with Gasteiger partial charge in [-0.05, 0) is 6.92 Å². The molecule has 0 saturated carbocycles. The van der Waals surface area contributed by atoms with Crippen LogP contribution >= 0.6 is 24.4 Å². The molecule has 0 aromatic carbocycles. The zero-order valence-corrected chi connectivity index (χ0v) is 12.1. The number of rotatable bonds is 9. The maximum Gasteiger partial charge on any atom is 0.333 e. The van der Waals surface area contributed by atoms with Gasteiger partial charge in [0.05, 0.1) is 19.8 Å². The third kappa shape index (κ3) is 10.5. The highest BCUT2D eigenvalue weighted by atomic mass is 32.2. The quantitative estimate of drug-likeness (QED) is 0.292. The maximum atomic E-state index is 11.3. The lowest BCUT2D eigenvalue weighted by Crippen LogP contribution is -2.25. The minimum atomic E-state index is -0.447. The van der Waals surface area contributed by atoms with Crippen molar-refractivity contribution < 1.29 is 19.1 Å². The molecule has 0 fully saturated rings. The van der Waals surface area contributed by atoms with Gasteiger partial charge in [0.25, 0.3) is 5.24 Å². The molecule has 0 atom stereocenters. The second kappa shape index (κ2) is 11.4. The van der Waals surface area contributed by atoms with Crippen molar-refractivity contribution in [2.24, 2.45) is 0 Å². The van der Waals surface area contributed by atoms with E-state index in [0.717, 1.165) is 11.8 Å². The third-order valence-corrected chi connectivity index (χ3v) is 2.61. The van der Waals surface area contributed by atoms with Crippen molar-refractivity contribution in [3.8, 4) is 0 Å². The van der Waals surface area contributed by atoms with E-state index in [1.807, 2.05) is 0 Å². The number of hydrogen-bond donors (Lipinski definition) is 2. The van der Waals surface area contributed by atoms with E-state index in [9.17, 15) is 9.59 Å². The van der Waals surface area contributed by atoms with Gasteiger partial charge in [0.2, 0.25) is 0 Å². The summed E-state index contributed by atoms with van der Waals surface area (Å²) in [6.07, 6.45) is 0. The number of nitrogens with one attached hydrogen (secondary N) is 1. The number of carbonyl (C=O) groups is 2. The molecule has 0 aliphatic carbocycles.